The van der Waals surface area contributed by atoms with Gasteiger partial charge >= 0.3 is 11.8 Å². The van der Waals surface area contributed by atoms with Gasteiger partial charge in [-0.1, -0.05) is 29.3 Å². The minimum Gasteiger partial charge on any atom is -0.494 e. The van der Waals surface area contributed by atoms with Crippen LogP contribution in [-0.4, -0.2) is 24.6 Å². The molecular formula is C19H20BrN3O3. The third-order valence-electron chi connectivity index (χ3n) is 3.33. The van der Waals surface area contributed by atoms with Gasteiger partial charge in [-0.2, -0.15) is 5.10 Å². The number of hydrogen-bond acceptors (Lipinski definition) is 4. The van der Waals surface area contributed by atoms with E-state index in [1.54, 1.807) is 24.3 Å². The standard InChI is InChI=1S/C19H20BrN3O3/c1-2-3-12-26-17-10-4-14(5-11-17)13-21-23-19(25)18(24)22-16-8-6-15(20)7-9-16/h4-11,13H,2-3,12H2,1H3,(H,22,24)(H,23,25)/b21-13-. The van der Waals surface area contributed by atoms with E-state index in [9.17, 15) is 9.59 Å². The predicted molar refractivity (Wildman–Crippen MR) is 105 cm³/mol. The number of benzene rings is 2. The van der Waals surface area contributed by atoms with Gasteiger partial charge in [0.15, 0.2) is 0 Å². The van der Waals surface area contributed by atoms with Crippen molar-refractivity contribution >= 4 is 39.6 Å². The number of unbranched alkanes of at least 4 members (excludes halogenated alkanes) is 1. The first kappa shape index (κ1) is 19.7. The van der Waals surface area contributed by atoms with E-state index in [2.05, 4.69) is 38.7 Å². The third-order valence-corrected chi connectivity index (χ3v) is 3.86. The molecule has 2 aromatic rings. The highest BCUT2D eigenvalue weighted by Gasteiger charge is 2.12. The molecule has 0 atom stereocenters. The molecule has 0 unspecified atom stereocenters. The van der Waals surface area contributed by atoms with Gasteiger partial charge in [0.05, 0.1) is 12.8 Å². The molecule has 0 saturated heterocycles. The van der Waals surface area contributed by atoms with Crippen molar-refractivity contribution in [3.63, 3.8) is 0 Å². The zero-order valence-corrected chi connectivity index (χ0v) is 16.0. The number of hydrogen-bond donors (Lipinski definition) is 2. The maximum absolute atomic E-state index is 11.8. The lowest BCUT2D eigenvalue weighted by molar-refractivity contribution is -0.136. The van der Waals surface area contributed by atoms with E-state index >= 15 is 0 Å². The number of amides is 2. The summed E-state index contributed by atoms with van der Waals surface area (Å²) in [4.78, 5) is 23.5. The Labute approximate surface area is 160 Å². The van der Waals surface area contributed by atoms with Crippen molar-refractivity contribution in [2.24, 2.45) is 5.10 Å². The maximum atomic E-state index is 11.8. The highest BCUT2D eigenvalue weighted by molar-refractivity contribution is 9.10. The van der Waals surface area contributed by atoms with Gasteiger partial charge in [0.25, 0.3) is 0 Å². The lowest BCUT2D eigenvalue weighted by Crippen LogP contribution is -2.32. The Morgan fingerprint density at radius 3 is 2.42 bits per heavy atom. The van der Waals surface area contributed by atoms with Crippen LogP contribution in [0.2, 0.25) is 0 Å². The quantitative estimate of drug-likeness (QED) is 0.311. The highest BCUT2D eigenvalue weighted by Crippen LogP contribution is 2.14. The van der Waals surface area contributed by atoms with Crippen LogP contribution in [0.4, 0.5) is 5.69 Å². The zero-order chi connectivity index (χ0) is 18.8. The molecule has 136 valence electrons. The van der Waals surface area contributed by atoms with Crippen LogP contribution in [0.25, 0.3) is 0 Å². The number of carbonyl (C=O) groups excluding carboxylic acids is 2. The van der Waals surface area contributed by atoms with Gasteiger partial charge in [-0.05, 0) is 60.5 Å². The smallest absolute Gasteiger partial charge is 0.329 e. The topological polar surface area (TPSA) is 79.8 Å². The fourth-order valence-corrected chi connectivity index (χ4v) is 2.19. The molecule has 2 rings (SSSR count). The van der Waals surface area contributed by atoms with E-state index in [0.29, 0.717) is 12.3 Å². The Balaban J connectivity index is 1.80. The largest absolute Gasteiger partial charge is 0.494 e. The number of nitrogens with zero attached hydrogens (tertiary/aromatic N) is 1. The van der Waals surface area contributed by atoms with E-state index in [4.69, 9.17) is 4.74 Å². The minimum absolute atomic E-state index is 0.524. The molecule has 0 bridgehead atoms. The second-order valence-corrected chi connectivity index (χ2v) is 6.35. The van der Waals surface area contributed by atoms with Gasteiger partial charge in [0.1, 0.15) is 5.75 Å². The Morgan fingerprint density at radius 2 is 1.77 bits per heavy atom. The molecule has 0 fully saturated rings. The summed E-state index contributed by atoms with van der Waals surface area (Å²) >= 11 is 3.30. The first-order valence-electron chi connectivity index (χ1n) is 8.21. The zero-order valence-electron chi connectivity index (χ0n) is 14.4. The lowest BCUT2D eigenvalue weighted by atomic mass is 10.2. The van der Waals surface area contributed by atoms with Crippen molar-refractivity contribution in [3.8, 4) is 5.75 Å². The van der Waals surface area contributed by atoms with Gasteiger partial charge in [-0.15, -0.1) is 0 Å². The molecule has 0 aliphatic carbocycles. The first-order chi connectivity index (χ1) is 12.6. The van der Waals surface area contributed by atoms with Crippen LogP contribution in [0, 0.1) is 0 Å². The van der Waals surface area contributed by atoms with Gasteiger partial charge in [0.2, 0.25) is 0 Å². The maximum Gasteiger partial charge on any atom is 0.329 e. The minimum atomic E-state index is -0.844. The summed E-state index contributed by atoms with van der Waals surface area (Å²) in [5.41, 5.74) is 3.50. The van der Waals surface area contributed by atoms with Crippen LogP contribution in [0.15, 0.2) is 58.1 Å². The Hall–Kier alpha value is -2.67. The molecular weight excluding hydrogens is 398 g/mol. The predicted octanol–water partition coefficient (Wildman–Crippen LogP) is 3.72. The van der Waals surface area contributed by atoms with Crippen molar-refractivity contribution in [1.29, 1.82) is 0 Å². The summed E-state index contributed by atoms with van der Waals surface area (Å²) in [7, 11) is 0. The second kappa shape index (κ2) is 10.4. The Bertz CT molecular complexity index is 759. The number of anilines is 1. The first-order valence-corrected chi connectivity index (χ1v) is 9.00. The van der Waals surface area contributed by atoms with E-state index in [1.165, 1.54) is 6.21 Å². The normalized spacial score (nSPS) is 10.5. The molecule has 26 heavy (non-hydrogen) atoms. The van der Waals surface area contributed by atoms with Crippen LogP contribution in [0.3, 0.4) is 0 Å². The molecule has 0 heterocycles. The molecule has 0 aromatic heterocycles. The number of halogens is 1. The van der Waals surface area contributed by atoms with Gasteiger partial charge in [0, 0.05) is 10.2 Å². The molecule has 2 N–H and O–H groups in total. The van der Waals surface area contributed by atoms with Crippen molar-refractivity contribution in [3.05, 3.63) is 58.6 Å². The van der Waals surface area contributed by atoms with Crippen molar-refractivity contribution in [1.82, 2.24) is 5.43 Å². The molecule has 7 heteroatoms. The Kier molecular flexibility index (Phi) is 7.82. The van der Waals surface area contributed by atoms with E-state index in [-0.39, 0.29) is 0 Å². The molecule has 2 amide bonds. The monoisotopic (exact) mass is 417 g/mol. The van der Waals surface area contributed by atoms with Gasteiger partial charge in [-0.25, -0.2) is 5.43 Å². The van der Waals surface area contributed by atoms with E-state index in [1.807, 2.05) is 24.3 Å². The van der Waals surface area contributed by atoms with Crippen molar-refractivity contribution in [2.75, 3.05) is 11.9 Å². The molecule has 2 aromatic carbocycles. The van der Waals surface area contributed by atoms with Crippen LogP contribution < -0.4 is 15.5 Å². The molecule has 0 aliphatic heterocycles. The second-order valence-electron chi connectivity index (χ2n) is 5.43. The fourth-order valence-electron chi connectivity index (χ4n) is 1.92. The molecule has 0 radical (unpaired) electrons. The van der Waals surface area contributed by atoms with Gasteiger partial charge in [-0.3, -0.25) is 9.59 Å². The number of hydrazone groups is 1. The number of ether oxygens (including phenoxy) is 1. The Morgan fingerprint density at radius 1 is 1.08 bits per heavy atom. The summed E-state index contributed by atoms with van der Waals surface area (Å²) in [5, 5.41) is 6.28. The summed E-state index contributed by atoms with van der Waals surface area (Å²) in [5.74, 6) is -0.846. The summed E-state index contributed by atoms with van der Waals surface area (Å²) in [6.45, 7) is 2.80. The summed E-state index contributed by atoms with van der Waals surface area (Å²) in [6.07, 6.45) is 3.55. The van der Waals surface area contributed by atoms with Crippen molar-refractivity contribution in [2.45, 2.75) is 19.8 Å². The molecule has 0 saturated carbocycles. The average Bonchev–Trinajstić information content (AvgIpc) is 2.65. The number of nitrogens with one attached hydrogen (secondary N) is 2. The summed E-state index contributed by atoms with van der Waals surface area (Å²) < 4.78 is 6.45. The molecule has 0 aliphatic rings. The number of rotatable bonds is 7. The van der Waals surface area contributed by atoms with Gasteiger partial charge < -0.3 is 10.1 Å². The fraction of sp³-hybridized carbons (Fsp3) is 0.211. The van der Waals surface area contributed by atoms with Crippen LogP contribution in [0.5, 0.6) is 5.75 Å². The molecule has 6 nitrogen and oxygen atoms in total. The van der Waals surface area contributed by atoms with E-state index in [0.717, 1.165) is 28.6 Å². The van der Waals surface area contributed by atoms with Crippen molar-refractivity contribution < 1.29 is 14.3 Å². The lowest BCUT2D eigenvalue weighted by Gasteiger charge is -2.05. The summed E-state index contributed by atoms with van der Waals surface area (Å²) in [6, 6.07) is 14.2. The SMILES string of the molecule is CCCCOc1ccc(/C=N\NC(=O)C(=O)Nc2ccc(Br)cc2)cc1. The van der Waals surface area contributed by atoms with Crippen LogP contribution in [-0.2, 0) is 9.59 Å². The van der Waals surface area contributed by atoms with Crippen LogP contribution >= 0.6 is 15.9 Å². The third kappa shape index (κ3) is 6.68. The highest BCUT2D eigenvalue weighted by atomic mass is 79.9. The average molecular weight is 418 g/mol. The van der Waals surface area contributed by atoms with Crippen LogP contribution in [0.1, 0.15) is 25.3 Å². The van der Waals surface area contributed by atoms with E-state index < -0.39 is 11.8 Å². The molecule has 0 spiro atoms. The number of carbonyl (C=O) groups is 2.